The molecule has 0 unspecified atom stereocenters. The minimum absolute atomic E-state index is 0.0829. The molecule has 10 nitrogen and oxygen atoms in total. The summed E-state index contributed by atoms with van der Waals surface area (Å²) >= 11 is 0. The van der Waals surface area contributed by atoms with Gasteiger partial charge in [-0.3, -0.25) is 9.59 Å². The van der Waals surface area contributed by atoms with Crippen molar-refractivity contribution < 1.29 is 33.8 Å². The third kappa shape index (κ3) is 10.0. The van der Waals surface area contributed by atoms with Crippen molar-refractivity contribution in [1.29, 1.82) is 0 Å². The number of aliphatic hydroxyl groups is 1. The van der Waals surface area contributed by atoms with E-state index in [0.717, 1.165) is 22.3 Å². The number of fused-ring (bicyclic) bond motifs is 3. The summed E-state index contributed by atoms with van der Waals surface area (Å²) in [5.41, 5.74) is 4.39. The molecule has 0 radical (unpaired) electrons. The molecule has 3 amide bonds. The van der Waals surface area contributed by atoms with Crippen LogP contribution in [0.2, 0.25) is 0 Å². The second-order valence-corrected chi connectivity index (χ2v) is 12.0. The second kappa shape index (κ2) is 17.9. The van der Waals surface area contributed by atoms with Crippen LogP contribution in [-0.2, 0) is 23.9 Å². The first-order valence-electron chi connectivity index (χ1n) is 15.8. The maximum Gasteiger partial charge on any atom is 0.407 e. The van der Waals surface area contributed by atoms with Crippen molar-refractivity contribution in [2.75, 3.05) is 19.8 Å². The monoisotopic (exact) mass is 633 g/mol. The average molecular weight is 634 g/mol. The van der Waals surface area contributed by atoms with Crippen LogP contribution in [0.4, 0.5) is 4.79 Å². The Bertz CT molecular complexity index is 1330. The van der Waals surface area contributed by atoms with Gasteiger partial charge in [0.25, 0.3) is 0 Å². The van der Waals surface area contributed by atoms with Gasteiger partial charge in [0.05, 0.1) is 18.6 Å². The van der Waals surface area contributed by atoms with Gasteiger partial charge in [-0.2, -0.15) is 0 Å². The average Bonchev–Trinajstić information content (AvgIpc) is 3.36. The van der Waals surface area contributed by atoms with Crippen LogP contribution in [0.25, 0.3) is 11.1 Å². The van der Waals surface area contributed by atoms with E-state index in [-0.39, 0.29) is 62.7 Å². The SMILES string of the molecule is C=CCC[C@H](NC(=O)OCC1c2ccccc2-c2ccccc21)C(=O)OC[C@@H](NC(=O)[C@@H](CC=C)CC(=O)N[C@@H](C)CO)C(C)C. The molecule has 2 aromatic carbocycles. The molecule has 0 heterocycles. The van der Waals surface area contributed by atoms with Crippen LogP contribution in [0, 0.1) is 11.8 Å². The summed E-state index contributed by atoms with van der Waals surface area (Å²) < 4.78 is 11.2. The van der Waals surface area contributed by atoms with Crippen molar-refractivity contribution in [3.8, 4) is 11.1 Å². The van der Waals surface area contributed by atoms with Gasteiger partial charge in [0.2, 0.25) is 11.8 Å². The van der Waals surface area contributed by atoms with E-state index in [2.05, 4.69) is 41.2 Å². The van der Waals surface area contributed by atoms with Gasteiger partial charge in [0.15, 0.2) is 0 Å². The smallest absolute Gasteiger partial charge is 0.407 e. The summed E-state index contributed by atoms with van der Waals surface area (Å²) in [5, 5.41) is 17.4. The Labute approximate surface area is 271 Å². The van der Waals surface area contributed by atoms with Crippen molar-refractivity contribution in [3.63, 3.8) is 0 Å². The Hall–Kier alpha value is -4.44. The highest BCUT2D eigenvalue weighted by Gasteiger charge is 2.31. The van der Waals surface area contributed by atoms with Gasteiger partial charge in [-0.05, 0) is 54.4 Å². The lowest BCUT2D eigenvalue weighted by atomic mass is 9.97. The lowest BCUT2D eigenvalue weighted by Crippen LogP contribution is -2.48. The zero-order chi connectivity index (χ0) is 33.6. The Morgan fingerprint density at radius 1 is 0.891 bits per heavy atom. The van der Waals surface area contributed by atoms with E-state index in [1.807, 2.05) is 50.2 Å². The lowest BCUT2D eigenvalue weighted by molar-refractivity contribution is -0.148. The number of benzene rings is 2. The van der Waals surface area contributed by atoms with Gasteiger partial charge in [-0.1, -0.05) is 74.5 Å². The molecule has 3 rings (SSSR count). The first-order valence-corrected chi connectivity index (χ1v) is 15.8. The van der Waals surface area contributed by atoms with Crippen LogP contribution in [0.15, 0.2) is 73.8 Å². The van der Waals surface area contributed by atoms with Gasteiger partial charge in [0.1, 0.15) is 19.3 Å². The first kappa shape index (κ1) is 36.0. The lowest BCUT2D eigenvalue weighted by Gasteiger charge is -2.26. The topological polar surface area (TPSA) is 143 Å². The van der Waals surface area contributed by atoms with Crippen LogP contribution in [0.3, 0.4) is 0 Å². The summed E-state index contributed by atoms with van der Waals surface area (Å²) in [6, 6.07) is 14.1. The molecule has 0 saturated carbocycles. The number of hydrogen-bond acceptors (Lipinski definition) is 7. The van der Waals surface area contributed by atoms with E-state index in [9.17, 15) is 24.3 Å². The van der Waals surface area contributed by atoms with Crippen LogP contribution >= 0.6 is 0 Å². The molecule has 1 aliphatic rings. The number of hydrogen-bond donors (Lipinski definition) is 4. The van der Waals surface area contributed by atoms with E-state index < -0.39 is 36.1 Å². The zero-order valence-corrected chi connectivity index (χ0v) is 27.0. The highest BCUT2D eigenvalue weighted by Crippen LogP contribution is 2.44. The van der Waals surface area contributed by atoms with E-state index in [0.29, 0.717) is 6.42 Å². The number of carbonyl (C=O) groups excluding carboxylic acids is 4. The number of esters is 1. The third-order valence-electron chi connectivity index (χ3n) is 8.05. The summed E-state index contributed by atoms with van der Waals surface area (Å²) in [5.74, 6) is -2.31. The maximum atomic E-state index is 13.2. The number of allylic oxidation sites excluding steroid dienone is 2. The fourth-order valence-electron chi connectivity index (χ4n) is 5.38. The van der Waals surface area contributed by atoms with E-state index in [1.165, 1.54) is 0 Å². The standard InChI is InChI=1S/C36H47N3O7/c1-6-8-18-31(39-36(44)46-21-30-28-16-11-9-14-26(28)27-15-10-12-17-29(27)30)35(43)45-22-32(23(3)4)38-34(42)25(13-7-2)19-33(41)37-24(5)20-40/h6-7,9-12,14-17,23-25,30-32,40H,1-2,8,13,18-22H2,3-5H3,(H,37,41)(H,38,42)(H,39,44)/t24-,25-,31-,32+/m0/s1. The molecule has 10 heteroatoms. The molecule has 4 atom stereocenters. The fourth-order valence-corrected chi connectivity index (χ4v) is 5.38. The number of ether oxygens (including phenoxy) is 2. The Balaban J connectivity index is 1.59. The third-order valence-corrected chi connectivity index (χ3v) is 8.05. The molecule has 1 aliphatic carbocycles. The number of rotatable bonds is 18. The molecular formula is C36H47N3O7. The molecule has 0 aliphatic heterocycles. The number of amides is 3. The highest BCUT2D eigenvalue weighted by atomic mass is 16.6. The number of aliphatic hydroxyl groups excluding tert-OH is 1. The molecule has 0 saturated heterocycles. The van der Waals surface area contributed by atoms with Gasteiger partial charge in [-0.25, -0.2) is 9.59 Å². The predicted molar refractivity (Wildman–Crippen MR) is 177 cm³/mol. The number of nitrogens with one attached hydrogen (secondary N) is 3. The van der Waals surface area contributed by atoms with Crippen molar-refractivity contribution in [3.05, 3.63) is 85.0 Å². The summed E-state index contributed by atoms with van der Waals surface area (Å²) in [4.78, 5) is 51.6. The van der Waals surface area contributed by atoms with Crippen molar-refractivity contribution >= 4 is 23.9 Å². The summed E-state index contributed by atoms with van der Waals surface area (Å²) in [6.07, 6.45) is 3.38. The summed E-state index contributed by atoms with van der Waals surface area (Å²) in [6.45, 7) is 12.6. The van der Waals surface area contributed by atoms with Crippen molar-refractivity contribution in [2.24, 2.45) is 11.8 Å². The molecule has 0 bridgehead atoms. The molecule has 46 heavy (non-hydrogen) atoms. The van der Waals surface area contributed by atoms with E-state index in [4.69, 9.17) is 9.47 Å². The zero-order valence-electron chi connectivity index (χ0n) is 27.0. The second-order valence-electron chi connectivity index (χ2n) is 12.0. The first-order chi connectivity index (χ1) is 22.1. The largest absolute Gasteiger partial charge is 0.462 e. The molecule has 0 aromatic heterocycles. The minimum atomic E-state index is -0.983. The van der Waals surface area contributed by atoms with E-state index >= 15 is 0 Å². The van der Waals surface area contributed by atoms with Gasteiger partial charge >= 0.3 is 12.1 Å². The Kier molecular flexibility index (Phi) is 14.0. The fraction of sp³-hybridized carbons (Fsp3) is 0.444. The maximum absolute atomic E-state index is 13.2. The van der Waals surface area contributed by atoms with Gasteiger partial charge in [-0.15, -0.1) is 13.2 Å². The predicted octanol–water partition coefficient (Wildman–Crippen LogP) is 4.62. The molecular weight excluding hydrogens is 586 g/mol. The number of alkyl carbamates (subject to hydrolysis) is 1. The van der Waals surface area contributed by atoms with Crippen molar-refractivity contribution in [2.45, 2.75) is 70.5 Å². The summed E-state index contributed by atoms with van der Waals surface area (Å²) in [7, 11) is 0. The van der Waals surface area contributed by atoms with E-state index in [1.54, 1.807) is 19.1 Å². The van der Waals surface area contributed by atoms with Crippen molar-refractivity contribution in [1.82, 2.24) is 16.0 Å². The van der Waals surface area contributed by atoms with Crippen LogP contribution in [-0.4, -0.2) is 66.9 Å². The molecule has 248 valence electrons. The molecule has 4 N–H and O–H groups in total. The number of carbonyl (C=O) groups is 4. The van der Waals surface area contributed by atoms with Crippen LogP contribution < -0.4 is 16.0 Å². The Morgan fingerprint density at radius 2 is 1.52 bits per heavy atom. The normalized spacial score (nSPS) is 14.5. The quantitative estimate of drug-likeness (QED) is 0.139. The molecule has 0 spiro atoms. The van der Waals surface area contributed by atoms with Gasteiger partial charge < -0.3 is 30.5 Å². The van der Waals surface area contributed by atoms with Gasteiger partial charge in [0, 0.05) is 18.4 Å². The highest BCUT2D eigenvalue weighted by molar-refractivity contribution is 5.86. The van der Waals surface area contributed by atoms with Crippen LogP contribution in [0.1, 0.15) is 63.5 Å². The molecule has 2 aromatic rings. The Morgan fingerprint density at radius 3 is 2.09 bits per heavy atom. The van der Waals surface area contributed by atoms with Crippen LogP contribution in [0.5, 0.6) is 0 Å². The minimum Gasteiger partial charge on any atom is -0.462 e. The molecule has 0 fully saturated rings.